The Kier molecular flexibility index (Phi) is 4.99. The van der Waals surface area contributed by atoms with E-state index < -0.39 is 16.0 Å². The standard InChI is InChI=1S/C15H17NO5S/c1-11(10-13-4-3-9-21-13)16-22(18,19)14-7-5-12(6-8-14)15(17)20-2/h3-9,11,16H,10H2,1-2H3. The molecule has 22 heavy (non-hydrogen) atoms. The molecule has 1 unspecified atom stereocenters. The zero-order valence-corrected chi connectivity index (χ0v) is 13.1. The summed E-state index contributed by atoms with van der Waals surface area (Å²) in [5.41, 5.74) is 0.296. The van der Waals surface area contributed by atoms with Gasteiger partial charge in [0.2, 0.25) is 10.0 Å². The van der Waals surface area contributed by atoms with E-state index in [2.05, 4.69) is 9.46 Å². The summed E-state index contributed by atoms with van der Waals surface area (Å²) in [4.78, 5) is 11.4. The van der Waals surface area contributed by atoms with Gasteiger partial charge in [0.1, 0.15) is 5.76 Å². The molecule has 1 atom stereocenters. The first-order valence-corrected chi connectivity index (χ1v) is 8.14. The van der Waals surface area contributed by atoms with E-state index in [9.17, 15) is 13.2 Å². The van der Waals surface area contributed by atoms with Crippen molar-refractivity contribution >= 4 is 16.0 Å². The smallest absolute Gasteiger partial charge is 0.337 e. The maximum absolute atomic E-state index is 12.3. The minimum Gasteiger partial charge on any atom is -0.469 e. The molecule has 1 aromatic heterocycles. The lowest BCUT2D eigenvalue weighted by atomic mass is 10.2. The van der Waals surface area contributed by atoms with Crippen LogP contribution in [0.4, 0.5) is 0 Å². The molecular formula is C15H17NO5S. The highest BCUT2D eigenvalue weighted by Gasteiger charge is 2.18. The van der Waals surface area contributed by atoms with Gasteiger partial charge in [-0.25, -0.2) is 17.9 Å². The van der Waals surface area contributed by atoms with E-state index in [4.69, 9.17) is 4.42 Å². The molecule has 7 heteroatoms. The molecule has 2 aromatic rings. The number of furan rings is 1. The highest BCUT2D eigenvalue weighted by atomic mass is 32.2. The normalized spacial score (nSPS) is 12.8. The van der Waals surface area contributed by atoms with E-state index in [1.165, 1.54) is 31.4 Å². The lowest BCUT2D eigenvalue weighted by Crippen LogP contribution is -2.34. The number of hydrogen-bond acceptors (Lipinski definition) is 5. The van der Waals surface area contributed by atoms with Crippen LogP contribution in [-0.2, 0) is 21.2 Å². The van der Waals surface area contributed by atoms with Gasteiger partial charge in [0.15, 0.2) is 0 Å². The van der Waals surface area contributed by atoms with Crippen LogP contribution in [0.5, 0.6) is 0 Å². The van der Waals surface area contributed by atoms with Crippen molar-refractivity contribution in [2.45, 2.75) is 24.3 Å². The topological polar surface area (TPSA) is 85.6 Å². The van der Waals surface area contributed by atoms with Gasteiger partial charge < -0.3 is 9.15 Å². The number of esters is 1. The second-order valence-electron chi connectivity index (χ2n) is 4.82. The van der Waals surface area contributed by atoms with Gasteiger partial charge in [0.05, 0.1) is 23.8 Å². The third-order valence-corrected chi connectivity index (χ3v) is 4.63. The van der Waals surface area contributed by atoms with Crippen molar-refractivity contribution in [1.82, 2.24) is 4.72 Å². The molecule has 0 aliphatic heterocycles. The molecule has 0 saturated carbocycles. The number of sulfonamides is 1. The third-order valence-electron chi connectivity index (χ3n) is 3.03. The number of benzene rings is 1. The molecule has 118 valence electrons. The molecule has 0 saturated heterocycles. The third kappa shape index (κ3) is 3.96. The first kappa shape index (κ1) is 16.3. The van der Waals surface area contributed by atoms with Crippen molar-refractivity contribution in [1.29, 1.82) is 0 Å². The van der Waals surface area contributed by atoms with E-state index in [0.29, 0.717) is 17.7 Å². The number of carbonyl (C=O) groups is 1. The Morgan fingerprint density at radius 1 is 1.27 bits per heavy atom. The lowest BCUT2D eigenvalue weighted by molar-refractivity contribution is 0.0600. The highest BCUT2D eigenvalue weighted by Crippen LogP contribution is 2.13. The number of carbonyl (C=O) groups excluding carboxylic acids is 1. The van der Waals surface area contributed by atoms with Crippen molar-refractivity contribution in [2.24, 2.45) is 0 Å². The fourth-order valence-electron chi connectivity index (χ4n) is 1.99. The number of rotatable bonds is 6. The van der Waals surface area contributed by atoms with E-state index in [0.717, 1.165) is 0 Å². The second-order valence-corrected chi connectivity index (χ2v) is 6.54. The van der Waals surface area contributed by atoms with Gasteiger partial charge in [0, 0.05) is 12.5 Å². The Hall–Kier alpha value is -2.12. The van der Waals surface area contributed by atoms with Gasteiger partial charge in [-0.3, -0.25) is 0 Å². The summed E-state index contributed by atoms with van der Waals surface area (Å²) in [6.07, 6.45) is 1.99. The van der Waals surface area contributed by atoms with Crippen molar-refractivity contribution < 1.29 is 22.4 Å². The average Bonchev–Trinajstić information content (AvgIpc) is 2.98. The van der Waals surface area contributed by atoms with Crippen LogP contribution in [0.2, 0.25) is 0 Å². The first-order valence-electron chi connectivity index (χ1n) is 6.65. The summed E-state index contributed by atoms with van der Waals surface area (Å²) in [6, 6.07) is 8.78. The Morgan fingerprint density at radius 3 is 2.50 bits per heavy atom. The summed E-state index contributed by atoms with van der Waals surface area (Å²) in [7, 11) is -2.39. The zero-order valence-electron chi connectivity index (χ0n) is 12.3. The SMILES string of the molecule is COC(=O)c1ccc(S(=O)(=O)NC(C)Cc2ccco2)cc1. The molecule has 2 rings (SSSR count). The summed E-state index contributed by atoms with van der Waals surface area (Å²) in [6.45, 7) is 1.75. The molecule has 0 spiro atoms. The zero-order chi connectivity index (χ0) is 16.2. The van der Waals surface area contributed by atoms with Crippen molar-refractivity contribution in [3.05, 3.63) is 54.0 Å². The molecule has 0 fully saturated rings. The fraction of sp³-hybridized carbons (Fsp3) is 0.267. The second kappa shape index (κ2) is 6.76. The van der Waals surface area contributed by atoms with Crippen LogP contribution in [-0.4, -0.2) is 27.5 Å². The van der Waals surface area contributed by atoms with Crippen molar-refractivity contribution in [3.63, 3.8) is 0 Å². The summed E-state index contributed by atoms with van der Waals surface area (Å²) < 4.78 is 36.9. The molecule has 1 N–H and O–H groups in total. The van der Waals surface area contributed by atoms with Gasteiger partial charge in [-0.05, 0) is 43.3 Å². The van der Waals surface area contributed by atoms with Crippen molar-refractivity contribution in [3.8, 4) is 0 Å². The average molecular weight is 323 g/mol. The highest BCUT2D eigenvalue weighted by molar-refractivity contribution is 7.89. The molecular weight excluding hydrogens is 306 g/mol. The molecule has 0 radical (unpaired) electrons. The Labute approximate surface area is 129 Å². The number of methoxy groups -OCH3 is 1. The number of hydrogen-bond donors (Lipinski definition) is 1. The summed E-state index contributed by atoms with van der Waals surface area (Å²) in [5, 5.41) is 0. The van der Waals surface area contributed by atoms with Crippen LogP contribution < -0.4 is 4.72 Å². The van der Waals surface area contributed by atoms with Crippen LogP contribution in [0.1, 0.15) is 23.0 Å². The fourth-order valence-corrected chi connectivity index (χ4v) is 3.24. The molecule has 0 aliphatic rings. The van der Waals surface area contributed by atoms with Gasteiger partial charge in [0.25, 0.3) is 0 Å². The van der Waals surface area contributed by atoms with Crippen LogP contribution >= 0.6 is 0 Å². The molecule has 6 nitrogen and oxygen atoms in total. The van der Waals surface area contributed by atoms with Crippen LogP contribution in [0.25, 0.3) is 0 Å². The van der Waals surface area contributed by atoms with E-state index in [1.807, 2.05) is 0 Å². The largest absolute Gasteiger partial charge is 0.469 e. The van der Waals surface area contributed by atoms with E-state index in [-0.39, 0.29) is 10.9 Å². The van der Waals surface area contributed by atoms with E-state index >= 15 is 0 Å². The predicted octanol–water partition coefficient (Wildman–Crippen LogP) is 1.98. The predicted molar refractivity (Wildman–Crippen MR) is 80.0 cm³/mol. The maximum Gasteiger partial charge on any atom is 0.337 e. The van der Waals surface area contributed by atoms with Gasteiger partial charge in [-0.2, -0.15) is 0 Å². The van der Waals surface area contributed by atoms with Gasteiger partial charge in [-0.1, -0.05) is 0 Å². The van der Waals surface area contributed by atoms with Crippen molar-refractivity contribution in [2.75, 3.05) is 7.11 Å². The molecule has 0 amide bonds. The maximum atomic E-state index is 12.3. The molecule has 0 bridgehead atoms. The molecule has 1 aromatic carbocycles. The minimum atomic E-state index is -3.66. The molecule has 1 heterocycles. The van der Waals surface area contributed by atoms with Gasteiger partial charge >= 0.3 is 5.97 Å². The summed E-state index contributed by atoms with van der Waals surface area (Å²) >= 11 is 0. The van der Waals surface area contributed by atoms with Crippen LogP contribution in [0.15, 0.2) is 52.0 Å². The van der Waals surface area contributed by atoms with Gasteiger partial charge in [-0.15, -0.1) is 0 Å². The lowest BCUT2D eigenvalue weighted by Gasteiger charge is -2.13. The van der Waals surface area contributed by atoms with Crippen LogP contribution in [0, 0.1) is 0 Å². The number of ether oxygens (including phenoxy) is 1. The Morgan fingerprint density at radius 2 is 1.95 bits per heavy atom. The van der Waals surface area contributed by atoms with E-state index in [1.54, 1.807) is 25.3 Å². The summed E-state index contributed by atoms with van der Waals surface area (Å²) in [5.74, 6) is 0.194. The Bertz CT molecular complexity index is 720. The Balaban J connectivity index is 2.07. The quantitative estimate of drug-likeness (QED) is 0.822. The first-order chi connectivity index (χ1) is 10.4. The molecule has 0 aliphatic carbocycles. The minimum absolute atomic E-state index is 0.0893. The monoisotopic (exact) mass is 323 g/mol. The van der Waals surface area contributed by atoms with Crippen LogP contribution in [0.3, 0.4) is 0 Å². The number of nitrogens with one attached hydrogen (secondary N) is 1.